The van der Waals surface area contributed by atoms with E-state index in [9.17, 15) is 9.59 Å². The predicted molar refractivity (Wildman–Crippen MR) is 98.6 cm³/mol. The first kappa shape index (κ1) is 18.5. The third-order valence-electron chi connectivity index (χ3n) is 5.37. The molecule has 1 aromatic carbocycles. The lowest BCUT2D eigenvalue weighted by atomic mass is 10.1. The number of likely N-dealkylation sites (tertiary alicyclic amines) is 1. The summed E-state index contributed by atoms with van der Waals surface area (Å²) in [6.45, 7) is 0.607. The SMILES string of the molecule is COc1cc(OC)cc(C(=O)N[C@H]2CC(=O)N(C3CCCCCC3)C2)c1. The van der Waals surface area contributed by atoms with Gasteiger partial charge >= 0.3 is 0 Å². The van der Waals surface area contributed by atoms with Crippen molar-refractivity contribution in [1.82, 2.24) is 10.2 Å². The van der Waals surface area contributed by atoms with Gasteiger partial charge in [0.1, 0.15) is 11.5 Å². The smallest absolute Gasteiger partial charge is 0.251 e. The third-order valence-corrected chi connectivity index (χ3v) is 5.37. The molecule has 6 heteroatoms. The van der Waals surface area contributed by atoms with E-state index in [0.717, 1.165) is 12.8 Å². The second-order valence-corrected chi connectivity index (χ2v) is 7.17. The second-order valence-electron chi connectivity index (χ2n) is 7.17. The lowest BCUT2D eigenvalue weighted by molar-refractivity contribution is -0.129. The van der Waals surface area contributed by atoms with E-state index in [1.165, 1.54) is 25.7 Å². The summed E-state index contributed by atoms with van der Waals surface area (Å²) in [5, 5.41) is 3.00. The first-order valence-corrected chi connectivity index (χ1v) is 9.44. The monoisotopic (exact) mass is 360 g/mol. The number of carbonyl (C=O) groups is 2. The van der Waals surface area contributed by atoms with Crippen LogP contribution in [-0.2, 0) is 4.79 Å². The van der Waals surface area contributed by atoms with Crippen LogP contribution in [0.4, 0.5) is 0 Å². The van der Waals surface area contributed by atoms with Crippen molar-refractivity contribution < 1.29 is 19.1 Å². The molecule has 0 spiro atoms. The molecule has 0 radical (unpaired) electrons. The van der Waals surface area contributed by atoms with Gasteiger partial charge in [-0.25, -0.2) is 0 Å². The zero-order valence-corrected chi connectivity index (χ0v) is 15.6. The van der Waals surface area contributed by atoms with Gasteiger partial charge in [0.15, 0.2) is 0 Å². The van der Waals surface area contributed by atoms with E-state index in [1.807, 2.05) is 4.90 Å². The van der Waals surface area contributed by atoms with Gasteiger partial charge < -0.3 is 19.7 Å². The van der Waals surface area contributed by atoms with Gasteiger partial charge in [0, 0.05) is 30.6 Å². The molecule has 142 valence electrons. The molecule has 2 fully saturated rings. The Kier molecular flexibility index (Phi) is 6.01. The summed E-state index contributed by atoms with van der Waals surface area (Å²) in [4.78, 5) is 27.1. The standard InChI is InChI=1S/C20H28N2O4/c1-25-17-9-14(10-18(12-17)26-2)20(24)21-15-11-19(23)22(13-15)16-7-5-3-4-6-8-16/h9-10,12,15-16H,3-8,11,13H2,1-2H3,(H,21,24)/t15-/m0/s1. The normalized spacial score (nSPS) is 21.4. The number of carbonyl (C=O) groups excluding carboxylic acids is 2. The molecule has 1 aromatic rings. The van der Waals surface area contributed by atoms with E-state index >= 15 is 0 Å². The van der Waals surface area contributed by atoms with Crippen LogP contribution >= 0.6 is 0 Å². The molecule has 0 unspecified atom stereocenters. The molecular formula is C20H28N2O4. The molecule has 3 rings (SSSR count). The maximum absolute atomic E-state index is 12.6. The van der Waals surface area contributed by atoms with E-state index in [0.29, 0.717) is 36.1 Å². The van der Waals surface area contributed by atoms with Crippen LogP contribution in [0.3, 0.4) is 0 Å². The minimum absolute atomic E-state index is 0.143. The van der Waals surface area contributed by atoms with Crippen LogP contribution in [0.1, 0.15) is 55.3 Å². The third kappa shape index (κ3) is 4.29. The summed E-state index contributed by atoms with van der Waals surface area (Å²) in [6.07, 6.45) is 7.44. The Morgan fingerprint density at radius 3 is 2.23 bits per heavy atom. The van der Waals surface area contributed by atoms with Crippen molar-refractivity contribution in [1.29, 1.82) is 0 Å². The molecule has 1 atom stereocenters. The van der Waals surface area contributed by atoms with Gasteiger partial charge in [-0.15, -0.1) is 0 Å². The van der Waals surface area contributed by atoms with Crippen LogP contribution in [0, 0.1) is 0 Å². The molecule has 1 N–H and O–H groups in total. The fourth-order valence-corrected chi connectivity index (χ4v) is 3.96. The molecule has 1 heterocycles. The Balaban J connectivity index is 1.64. The Morgan fingerprint density at radius 1 is 1.04 bits per heavy atom. The Morgan fingerprint density at radius 2 is 1.65 bits per heavy atom. The number of amides is 2. The van der Waals surface area contributed by atoms with E-state index in [2.05, 4.69) is 5.32 Å². The fourth-order valence-electron chi connectivity index (χ4n) is 3.96. The Hall–Kier alpha value is -2.24. The van der Waals surface area contributed by atoms with Crippen LogP contribution in [0.15, 0.2) is 18.2 Å². The van der Waals surface area contributed by atoms with Gasteiger partial charge in [0.05, 0.1) is 20.3 Å². The first-order valence-electron chi connectivity index (χ1n) is 9.44. The number of nitrogens with one attached hydrogen (secondary N) is 1. The molecule has 1 aliphatic carbocycles. The van der Waals surface area contributed by atoms with Crippen molar-refractivity contribution in [3.05, 3.63) is 23.8 Å². The van der Waals surface area contributed by atoms with Gasteiger partial charge in [0.25, 0.3) is 5.91 Å². The van der Waals surface area contributed by atoms with Crippen LogP contribution in [0.5, 0.6) is 11.5 Å². The highest BCUT2D eigenvalue weighted by atomic mass is 16.5. The largest absolute Gasteiger partial charge is 0.497 e. The molecule has 0 bridgehead atoms. The van der Waals surface area contributed by atoms with E-state index in [-0.39, 0.29) is 17.9 Å². The average molecular weight is 360 g/mol. The van der Waals surface area contributed by atoms with E-state index < -0.39 is 0 Å². The van der Waals surface area contributed by atoms with Gasteiger partial charge in [-0.3, -0.25) is 9.59 Å². The van der Waals surface area contributed by atoms with Gasteiger partial charge in [-0.2, -0.15) is 0 Å². The van der Waals surface area contributed by atoms with Crippen LogP contribution in [-0.4, -0.2) is 49.6 Å². The summed E-state index contributed by atoms with van der Waals surface area (Å²) in [5.41, 5.74) is 0.474. The van der Waals surface area contributed by atoms with Crippen LogP contribution < -0.4 is 14.8 Å². The molecule has 1 saturated carbocycles. The second kappa shape index (κ2) is 8.43. The van der Waals surface area contributed by atoms with Crippen molar-refractivity contribution in [2.75, 3.05) is 20.8 Å². The molecule has 0 aromatic heterocycles. The summed E-state index contributed by atoms with van der Waals surface area (Å²) in [6, 6.07) is 5.28. The Labute approximate surface area is 154 Å². The van der Waals surface area contributed by atoms with Crippen molar-refractivity contribution in [2.45, 2.75) is 57.0 Å². The van der Waals surface area contributed by atoms with Gasteiger partial charge in [-0.1, -0.05) is 25.7 Å². The van der Waals surface area contributed by atoms with Crippen molar-refractivity contribution >= 4 is 11.8 Å². The first-order chi connectivity index (χ1) is 12.6. The maximum Gasteiger partial charge on any atom is 0.251 e. The van der Waals surface area contributed by atoms with Crippen molar-refractivity contribution in [3.63, 3.8) is 0 Å². The number of benzene rings is 1. The number of hydrogen-bond donors (Lipinski definition) is 1. The quantitative estimate of drug-likeness (QED) is 0.820. The highest BCUT2D eigenvalue weighted by Gasteiger charge is 2.35. The minimum Gasteiger partial charge on any atom is -0.497 e. The topological polar surface area (TPSA) is 67.9 Å². The fraction of sp³-hybridized carbons (Fsp3) is 0.600. The molecule has 1 saturated heterocycles. The van der Waals surface area contributed by atoms with Gasteiger partial charge in [0.2, 0.25) is 5.91 Å². The predicted octanol–water partition coefficient (Wildman–Crippen LogP) is 2.76. The van der Waals surface area contributed by atoms with E-state index in [1.54, 1.807) is 32.4 Å². The number of methoxy groups -OCH3 is 2. The average Bonchev–Trinajstić information content (AvgIpc) is 2.86. The molecular weight excluding hydrogens is 332 g/mol. The molecule has 2 aliphatic rings. The number of ether oxygens (including phenoxy) is 2. The highest BCUT2D eigenvalue weighted by Crippen LogP contribution is 2.26. The van der Waals surface area contributed by atoms with Crippen LogP contribution in [0.25, 0.3) is 0 Å². The zero-order chi connectivity index (χ0) is 18.5. The highest BCUT2D eigenvalue weighted by molar-refractivity contribution is 5.96. The lowest BCUT2D eigenvalue weighted by Gasteiger charge is -2.27. The zero-order valence-electron chi connectivity index (χ0n) is 15.6. The number of hydrogen-bond acceptors (Lipinski definition) is 4. The Bertz CT molecular complexity index is 631. The minimum atomic E-state index is -0.206. The van der Waals surface area contributed by atoms with Crippen molar-refractivity contribution in [2.24, 2.45) is 0 Å². The molecule has 1 aliphatic heterocycles. The summed E-state index contributed by atoms with van der Waals surface area (Å²) in [7, 11) is 3.10. The number of nitrogens with zero attached hydrogens (tertiary/aromatic N) is 1. The lowest BCUT2D eigenvalue weighted by Crippen LogP contribution is -2.40. The van der Waals surface area contributed by atoms with Crippen molar-refractivity contribution in [3.8, 4) is 11.5 Å². The summed E-state index contributed by atoms with van der Waals surface area (Å²) < 4.78 is 10.4. The van der Waals surface area contributed by atoms with Crippen LogP contribution in [0.2, 0.25) is 0 Å². The summed E-state index contributed by atoms with van der Waals surface area (Å²) >= 11 is 0. The molecule has 26 heavy (non-hydrogen) atoms. The number of rotatable bonds is 5. The molecule has 6 nitrogen and oxygen atoms in total. The van der Waals surface area contributed by atoms with Gasteiger partial charge in [-0.05, 0) is 25.0 Å². The van der Waals surface area contributed by atoms with E-state index in [4.69, 9.17) is 9.47 Å². The maximum atomic E-state index is 12.6. The molecule has 2 amide bonds. The summed E-state index contributed by atoms with van der Waals surface area (Å²) in [5.74, 6) is 1.09.